The normalized spacial score (nSPS) is 26.1. The maximum absolute atomic E-state index is 11.3. The molecule has 66 valence electrons. The Balaban J connectivity index is 2.57. The molecule has 0 spiro atoms. The number of allylic oxidation sites excluding steroid dienone is 6. The Morgan fingerprint density at radius 3 is 2.85 bits per heavy atom. The van der Waals surface area contributed by atoms with Gasteiger partial charge in [0.25, 0.3) is 0 Å². The first-order valence-corrected chi connectivity index (χ1v) is 3.92. The van der Waals surface area contributed by atoms with E-state index in [1.54, 1.807) is 18.2 Å². The summed E-state index contributed by atoms with van der Waals surface area (Å²) in [6, 6.07) is 0. The third kappa shape index (κ3) is 1.13. The fourth-order valence-electron chi connectivity index (χ4n) is 1.39. The van der Waals surface area contributed by atoms with E-state index in [-0.39, 0.29) is 17.1 Å². The number of aliphatic hydroxyl groups is 2. The monoisotopic (exact) mass is 176 g/mol. The molecule has 2 rings (SSSR count). The molecule has 0 fully saturated rings. The standard InChI is InChI=1S/C10H8O3/c11-7-3-1-2-6-4-5-8(12)10(13)9(6)7/h1-5,8,12-13H. The van der Waals surface area contributed by atoms with Crippen molar-refractivity contribution in [2.75, 3.05) is 0 Å². The van der Waals surface area contributed by atoms with Crippen molar-refractivity contribution in [3.05, 3.63) is 47.3 Å². The second-order valence-electron chi connectivity index (χ2n) is 2.91. The van der Waals surface area contributed by atoms with Gasteiger partial charge in [0.2, 0.25) is 0 Å². The number of hydrogen-bond acceptors (Lipinski definition) is 3. The van der Waals surface area contributed by atoms with Gasteiger partial charge in [0.15, 0.2) is 5.78 Å². The molecule has 0 saturated carbocycles. The molecule has 0 heterocycles. The van der Waals surface area contributed by atoms with Gasteiger partial charge in [0.05, 0.1) is 5.57 Å². The first-order valence-electron chi connectivity index (χ1n) is 3.92. The van der Waals surface area contributed by atoms with E-state index < -0.39 is 6.10 Å². The lowest BCUT2D eigenvalue weighted by molar-refractivity contribution is -0.111. The summed E-state index contributed by atoms with van der Waals surface area (Å²) in [7, 11) is 0. The highest BCUT2D eigenvalue weighted by Gasteiger charge is 2.24. The average Bonchev–Trinajstić information content (AvgIpc) is 2.12. The fourth-order valence-corrected chi connectivity index (χ4v) is 1.39. The summed E-state index contributed by atoms with van der Waals surface area (Å²) in [5.41, 5.74) is 0.854. The number of carbonyl (C=O) groups is 1. The highest BCUT2D eigenvalue weighted by atomic mass is 16.3. The molecule has 13 heavy (non-hydrogen) atoms. The lowest BCUT2D eigenvalue weighted by atomic mass is 9.90. The van der Waals surface area contributed by atoms with Gasteiger partial charge in [-0.25, -0.2) is 0 Å². The summed E-state index contributed by atoms with van der Waals surface area (Å²) < 4.78 is 0. The number of hydrogen-bond donors (Lipinski definition) is 2. The molecule has 0 aromatic rings. The molecule has 0 aromatic heterocycles. The number of aliphatic hydroxyl groups excluding tert-OH is 2. The van der Waals surface area contributed by atoms with Crippen LogP contribution in [0.3, 0.4) is 0 Å². The number of fused-ring (bicyclic) bond motifs is 1. The van der Waals surface area contributed by atoms with Crippen LogP contribution in [0.15, 0.2) is 47.3 Å². The van der Waals surface area contributed by atoms with Gasteiger partial charge in [-0.2, -0.15) is 0 Å². The molecule has 1 atom stereocenters. The Kier molecular flexibility index (Phi) is 1.67. The van der Waals surface area contributed by atoms with E-state index >= 15 is 0 Å². The summed E-state index contributed by atoms with van der Waals surface area (Å²) >= 11 is 0. The van der Waals surface area contributed by atoms with Crippen molar-refractivity contribution in [2.45, 2.75) is 6.10 Å². The molecule has 0 aliphatic heterocycles. The Morgan fingerprint density at radius 2 is 2.08 bits per heavy atom. The highest BCUT2D eigenvalue weighted by molar-refractivity contribution is 6.10. The van der Waals surface area contributed by atoms with Gasteiger partial charge >= 0.3 is 0 Å². The second kappa shape index (κ2) is 2.71. The Bertz CT molecular complexity index is 383. The van der Waals surface area contributed by atoms with Gasteiger partial charge < -0.3 is 10.2 Å². The van der Waals surface area contributed by atoms with Crippen LogP contribution in [-0.4, -0.2) is 22.1 Å². The molecule has 3 heteroatoms. The first kappa shape index (κ1) is 8.01. The van der Waals surface area contributed by atoms with Crippen LogP contribution >= 0.6 is 0 Å². The maximum atomic E-state index is 11.3. The zero-order valence-corrected chi connectivity index (χ0v) is 6.77. The smallest absolute Gasteiger partial charge is 0.189 e. The lowest BCUT2D eigenvalue weighted by Gasteiger charge is -2.18. The number of ketones is 1. The third-order valence-electron chi connectivity index (χ3n) is 2.05. The van der Waals surface area contributed by atoms with E-state index in [4.69, 9.17) is 0 Å². The van der Waals surface area contributed by atoms with Crippen molar-refractivity contribution in [3.63, 3.8) is 0 Å². The zero-order valence-electron chi connectivity index (χ0n) is 6.77. The van der Waals surface area contributed by atoms with Gasteiger partial charge in [-0.05, 0) is 17.7 Å². The molecule has 0 radical (unpaired) electrons. The highest BCUT2D eigenvalue weighted by Crippen LogP contribution is 2.26. The summed E-state index contributed by atoms with van der Waals surface area (Å²) in [4.78, 5) is 11.3. The fraction of sp³-hybridized carbons (Fsp3) is 0.100. The van der Waals surface area contributed by atoms with Gasteiger partial charge in [-0.15, -0.1) is 0 Å². The number of rotatable bonds is 0. The minimum absolute atomic E-state index is 0.206. The first-order chi connectivity index (χ1) is 6.20. The summed E-state index contributed by atoms with van der Waals surface area (Å²) in [5.74, 6) is -0.526. The van der Waals surface area contributed by atoms with Crippen LogP contribution in [0.5, 0.6) is 0 Å². The SMILES string of the molecule is O=C1C=CC=C2C=CC(O)C(O)=C12. The van der Waals surface area contributed by atoms with Crippen LogP contribution in [0, 0.1) is 0 Å². The second-order valence-corrected chi connectivity index (χ2v) is 2.91. The quantitative estimate of drug-likeness (QED) is 0.573. The average molecular weight is 176 g/mol. The third-order valence-corrected chi connectivity index (χ3v) is 2.05. The van der Waals surface area contributed by atoms with Crippen molar-refractivity contribution in [2.24, 2.45) is 0 Å². The van der Waals surface area contributed by atoms with Crippen molar-refractivity contribution in [3.8, 4) is 0 Å². The minimum atomic E-state index is -1.05. The van der Waals surface area contributed by atoms with E-state index in [9.17, 15) is 15.0 Å². The van der Waals surface area contributed by atoms with Crippen LogP contribution < -0.4 is 0 Å². The van der Waals surface area contributed by atoms with Gasteiger partial charge in [0.1, 0.15) is 11.9 Å². The van der Waals surface area contributed by atoms with Crippen molar-refractivity contribution >= 4 is 5.78 Å². The topological polar surface area (TPSA) is 57.5 Å². The molecular weight excluding hydrogens is 168 g/mol. The van der Waals surface area contributed by atoms with E-state index in [0.717, 1.165) is 0 Å². The van der Waals surface area contributed by atoms with E-state index in [1.165, 1.54) is 12.2 Å². The predicted octanol–water partition coefficient (Wildman–Crippen LogP) is 0.794. The largest absolute Gasteiger partial charge is 0.508 e. The molecule has 0 saturated heterocycles. The molecule has 0 bridgehead atoms. The van der Waals surface area contributed by atoms with Gasteiger partial charge in [0, 0.05) is 0 Å². The molecule has 0 amide bonds. The lowest BCUT2D eigenvalue weighted by Crippen LogP contribution is -2.19. The zero-order chi connectivity index (χ0) is 9.42. The van der Waals surface area contributed by atoms with Crippen LogP contribution in [0.1, 0.15) is 0 Å². The molecule has 2 N–H and O–H groups in total. The van der Waals surface area contributed by atoms with E-state index in [0.29, 0.717) is 5.57 Å². The predicted molar refractivity (Wildman–Crippen MR) is 47.0 cm³/mol. The molecule has 1 unspecified atom stereocenters. The van der Waals surface area contributed by atoms with Crippen LogP contribution in [-0.2, 0) is 4.79 Å². The van der Waals surface area contributed by atoms with E-state index in [2.05, 4.69) is 0 Å². The van der Waals surface area contributed by atoms with Crippen LogP contribution in [0.4, 0.5) is 0 Å². The molecule has 2 aliphatic carbocycles. The van der Waals surface area contributed by atoms with Crippen molar-refractivity contribution in [1.82, 2.24) is 0 Å². The van der Waals surface area contributed by atoms with Crippen LogP contribution in [0.2, 0.25) is 0 Å². The Morgan fingerprint density at radius 1 is 1.31 bits per heavy atom. The molecule has 2 aliphatic rings. The molecule has 3 nitrogen and oxygen atoms in total. The number of carbonyl (C=O) groups excluding carboxylic acids is 1. The molecule has 0 aromatic carbocycles. The van der Waals surface area contributed by atoms with Gasteiger partial charge in [-0.1, -0.05) is 18.2 Å². The Labute approximate surface area is 75.0 Å². The van der Waals surface area contributed by atoms with Crippen LogP contribution in [0.25, 0.3) is 0 Å². The summed E-state index contributed by atoms with van der Waals surface area (Å²) in [6.45, 7) is 0. The molecular formula is C10H8O3. The maximum Gasteiger partial charge on any atom is 0.189 e. The summed E-state index contributed by atoms with van der Waals surface area (Å²) in [5, 5.41) is 18.7. The van der Waals surface area contributed by atoms with E-state index in [1.807, 2.05) is 0 Å². The summed E-state index contributed by atoms with van der Waals surface area (Å²) in [6.07, 6.45) is 6.72. The Hall–Kier alpha value is -1.61. The van der Waals surface area contributed by atoms with Gasteiger partial charge in [-0.3, -0.25) is 4.79 Å². The van der Waals surface area contributed by atoms with Crippen molar-refractivity contribution in [1.29, 1.82) is 0 Å². The minimum Gasteiger partial charge on any atom is -0.508 e. The van der Waals surface area contributed by atoms with Crippen molar-refractivity contribution < 1.29 is 15.0 Å².